The largest absolute Gasteiger partial charge is 0.444 e. The molecular weight excluding hydrogens is 381 g/mol. The summed E-state index contributed by atoms with van der Waals surface area (Å²) in [6, 6.07) is 0.299. The Morgan fingerprint density at radius 3 is 2.86 bits per heavy atom. The summed E-state index contributed by atoms with van der Waals surface area (Å²) in [5, 5.41) is 4.71. The van der Waals surface area contributed by atoms with Crippen LogP contribution in [0.5, 0.6) is 0 Å². The Labute approximate surface area is 139 Å². The maximum atomic E-state index is 12.1. The van der Waals surface area contributed by atoms with E-state index in [0.29, 0.717) is 12.6 Å². The summed E-state index contributed by atoms with van der Waals surface area (Å²) < 4.78 is 8.77. The highest BCUT2D eigenvalue weighted by Gasteiger charge is 2.33. The first-order valence-electron chi connectivity index (χ1n) is 7.59. The molecule has 21 heavy (non-hydrogen) atoms. The Morgan fingerprint density at radius 1 is 1.38 bits per heavy atom. The van der Waals surface area contributed by atoms with E-state index in [1.54, 1.807) is 0 Å². The third-order valence-corrected chi connectivity index (χ3v) is 4.94. The van der Waals surface area contributed by atoms with Crippen LogP contribution >= 0.6 is 22.6 Å². The summed E-state index contributed by atoms with van der Waals surface area (Å²) >= 11 is 2.33. The quantitative estimate of drug-likeness (QED) is 0.677. The molecule has 1 aliphatic carbocycles. The third kappa shape index (κ3) is 3.05. The number of nitrogens with zero attached hydrogens (tertiary/aromatic N) is 3. The van der Waals surface area contributed by atoms with Crippen LogP contribution in [0, 0.1) is 3.70 Å². The number of carbonyl (C=O) groups excluding carboxylic acids is 1. The molecule has 1 atom stereocenters. The molecule has 1 saturated heterocycles. The van der Waals surface area contributed by atoms with Crippen LogP contribution in [0.2, 0.25) is 0 Å². The highest BCUT2D eigenvalue weighted by molar-refractivity contribution is 14.1. The van der Waals surface area contributed by atoms with E-state index < -0.39 is 5.60 Å². The molecule has 0 N–H and O–H groups in total. The molecule has 1 aromatic heterocycles. The molecule has 6 heteroatoms. The lowest BCUT2D eigenvalue weighted by Crippen LogP contribution is -2.35. The van der Waals surface area contributed by atoms with Crippen LogP contribution in [0.15, 0.2) is 0 Å². The topological polar surface area (TPSA) is 47.4 Å². The van der Waals surface area contributed by atoms with Crippen LogP contribution in [-0.2, 0) is 17.6 Å². The molecular formula is C15H22IN3O2. The van der Waals surface area contributed by atoms with Gasteiger partial charge in [0.2, 0.25) is 0 Å². The maximum Gasteiger partial charge on any atom is 0.410 e. The highest BCUT2D eigenvalue weighted by Crippen LogP contribution is 2.32. The molecule has 1 aromatic rings. The van der Waals surface area contributed by atoms with Crippen LogP contribution in [0.3, 0.4) is 0 Å². The molecule has 1 amide bonds. The van der Waals surface area contributed by atoms with E-state index in [-0.39, 0.29) is 6.09 Å². The average Bonchev–Trinajstić information content (AvgIpc) is 3.05. The van der Waals surface area contributed by atoms with Crippen LogP contribution in [0.25, 0.3) is 0 Å². The minimum absolute atomic E-state index is 0.205. The summed E-state index contributed by atoms with van der Waals surface area (Å²) in [5.74, 6) is 0. The number of fused-ring (bicyclic) bond motifs is 1. The second-order valence-corrected chi connectivity index (χ2v) is 7.90. The third-order valence-electron chi connectivity index (χ3n) is 4.07. The van der Waals surface area contributed by atoms with Gasteiger partial charge < -0.3 is 9.64 Å². The van der Waals surface area contributed by atoms with Gasteiger partial charge in [0, 0.05) is 24.3 Å². The standard InChI is InChI=1S/C15H22IN3O2/c1-15(2,3)21-14(20)18-8-7-10(9-18)19-12-6-4-5-11(12)13(16)17-19/h10H,4-9H2,1-3H3/t10-/m0/s1. The molecule has 0 radical (unpaired) electrons. The van der Waals surface area contributed by atoms with Gasteiger partial charge in [0.1, 0.15) is 9.30 Å². The van der Waals surface area contributed by atoms with Crippen molar-refractivity contribution in [2.24, 2.45) is 0 Å². The monoisotopic (exact) mass is 403 g/mol. The first kappa shape index (κ1) is 15.1. The minimum Gasteiger partial charge on any atom is -0.444 e. The number of hydrogen-bond donors (Lipinski definition) is 0. The zero-order valence-electron chi connectivity index (χ0n) is 12.9. The van der Waals surface area contributed by atoms with E-state index in [4.69, 9.17) is 9.84 Å². The fourth-order valence-corrected chi connectivity index (χ4v) is 3.97. The molecule has 0 aromatic carbocycles. The van der Waals surface area contributed by atoms with Crippen molar-refractivity contribution in [2.45, 2.75) is 58.1 Å². The highest BCUT2D eigenvalue weighted by atomic mass is 127. The lowest BCUT2D eigenvalue weighted by atomic mass is 10.2. The van der Waals surface area contributed by atoms with Crippen molar-refractivity contribution in [3.8, 4) is 0 Å². The van der Waals surface area contributed by atoms with Gasteiger partial charge in [-0.05, 0) is 69.0 Å². The molecule has 5 nitrogen and oxygen atoms in total. The Balaban J connectivity index is 1.70. The number of halogens is 1. The number of aromatic nitrogens is 2. The summed E-state index contributed by atoms with van der Waals surface area (Å²) in [6.45, 7) is 7.17. The number of rotatable bonds is 1. The Morgan fingerprint density at radius 2 is 2.14 bits per heavy atom. The van der Waals surface area contributed by atoms with Gasteiger partial charge in [0.05, 0.1) is 6.04 Å². The number of amides is 1. The van der Waals surface area contributed by atoms with E-state index in [0.717, 1.165) is 29.5 Å². The maximum absolute atomic E-state index is 12.1. The van der Waals surface area contributed by atoms with Crippen LogP contribution in [0.4, 0.5) is 4.79 Å². The summed E-state index contributed by atoms with van der Waals surface area (Å²) in [4.78, 5) is 14.0. The van der Waals surface area contributed by atoms with Gasteiger partial charge in [0.15, 0.2) is 0 Å². The molecule has 1 aliphatic heterocycles. The molecule has 0 bridgehead atoms. The van der Waals surface area contributed by atoms with Gasteiger partial charge in [-0.2, -0.15) is 5.10 Å². The zero-order chi connectivity index (χ0) is 15.2. The van der Waals surface area contributed by atoms with Gasteiger partial charge in [-0.15, -0.1) is 0 Å². The van der Waals surface area contributed by atoms with Crippen molar-refractivity contribution in [2.75, 3.05) is 13.1 Å². The van der Waals surface area contributed by atoms with Crippen molar-refractivity contribution in [3.63, 3.8) is 0 Å². The van der Waals surface area contributed by atoms with Crippen LogP contribution < -0.4 is 0 Å². The lowest BCUT2D eigenvalue weighted by molar-refractivity contribution is 0.0288. The Bertz CT molecular complexity index is 562. The number of hydrogen-bond acceptors (Lipinski definition) is 3. The Hall–Kier alpha value is -0.790. The molecule has 0 saturated carbocycles. The second kappa shape index (κ2) is 5.44. The van der Waals surface area contributed by atoms with Crippen molar-refractivity contribution in [1.29, 1.82) is 0 Å². The van der Waals surface area contributed by atoms with E-state index in [1.807, 2.05) is 25.7 Å². The van der Waals surface area contributed by atoms with E-state index in [1.165, 1.54) is 17.7 Å². The van der Waals surface area contributed by atoms with Gasteiger partial charge in [-0.3, -0.25) is 4.68 Å². The SMILES string of the molecule is CC(C)(C)OC(=O)N1CC[C@H](n2nc(I)c3c2CCC3)C1. The molecule has 3 rings (SSSR count). The molecule has 0 unspecified atom stereocenters. The number of likely N-dealkylation sites (tertiary alicyclic amines) is 1. The first-order chi connectivity index (χ1) is 9.85. The van der Waals surface area contributed by atoms with Gasteiger partial charge in [-0.25, -0.2) is 4.79 Å². The Kier molecular flexibility index (Phi) is 3.92. The summed E-state index contributed by atoms with van der Waals surface area (Å²) in [6.07, 6.45) is 4.25. The minimum atomic E-state index is -0.433. The smallest absolute Gasteiger partial charge is 0.410 e. The predicted molar refractivity (Wildman–Crippen MR) is 88.4 cm³/mol. The molecule has 2 heterocycles. The van der Waals surface area contributed by atoms with Crippen molar-refractivity contribution in [1.82, 2.24) is 14.7 Å². The first-order valence-corrected chi connectivity index (χ1v) is 8.67. The van der Waals surface area contributed by atoms with E-state index in [9.17, 15) is 4.79 Å². The molecule has 1 fully saturated rings. The fourth-order valence-electron chi connectivity index (χ4n) is 3.15. The predicted octanol–water partition coefficient (Wildman–Crippen LogP) is 3.16. The van der Waals surface area contributed by atoms with Crippen molar-refractivity contribution < 1.29 is 9.53 Å². The van der Waals surface area contributed by atoms with Crippen molar-refractivity contribution in [3.05, 3.63) is 15.0 Å². The van der Waals surface area contributed by atoms with Crippen LogP contribution in [-0.4, -0.2) is 39.5 Å². The number of carbonyl (C=O) groups is 1. The number of ether oxygens (including phenoxy) is 1. The van der Waals surface area contributed by atoms with E-state index >= 15 is 0 Å². The second-order valence-electron chi connectivity index (χ2n) is 6.88. The normalized spacial score (nSPS) is 21.7. The summed E-state index contributed by atoms with van der Waals surface area (Å²) in [7, 11) is 0. The molecule has 2 aliphatic rings. The summed E-state index contributed by atoms with van der Waals surface area (Å²) in [5.41, 5.74) is 2.37. The van der Waals surface area contributed by atoms with Gasteiger partial charge in [-0.1, -0.05) is 0 Å². The van der Waals surface area contributed by atoms with Crippen molar-refractivity contribution >= 4 is 28.7 Å². The average molecular weight is 403 g/mol. The zero-order valence-corrected chi connectivity index (χ0v) is 15.0. The molecule has 116 valence electrons. The van der Waals surface area contributed by atoms with Gasteiger partial charge >= 0.3 is 6.09 Å². The van der Waals surface area contributed by atoms with Gasteiger partial charge in [0.25, 0.3) is 0 Å². The van der Waals surface area contributed by atoms with Crippen LogP contribution in [0.1, 0.15) is 50.9 Å². The lowest BCUT2D eigenvalue weighted by Gasteiger charge is -2.24. The van der Waals surface area contributed by atoms with E-state index in [2.05, 4.69) is 27.3 Å². The molecule has 0 spiro atoms. The fraction of sp³-hybridized carbons (Fsp3) is 0.733.